The number of aromatic nitrogens is 2. The lowest BCUT2D eigenvalue weighted by Gasteiger charge is -2.10. The molecular weight excluding hydrogens is 422 g/mol. The van der Waals surface area contributed by atoms with E-state index in [4.69, 9.17) is 9.15 Å². The molecule has 0 aliphatic heterocycles. The van der Waals surface area contributed by atoms with Gasteiger partial charge in [0.05, 0.1) is 21.3 Å². The van der Waals surface area contributed by atoms with Crippen molar-refractivity contribution in [3.63, 3.8) is 0 Å². The number of imidazole rings is 1. The summed E-state index contributed by atoms with van der Waals surface area (Å²) in [6.07, 6.45) is 0. The standard InChI is InChI=1S/C25H19N3O5/c1-15-23(25-26-20-5-3-4-6-21(20)27(25)2)24(29)19-12-11-18(13-22(19)33-15)32-14-16-7-9-17(10-8-16)28(30)31/h3-13H,14H2,1-2H3. The molecule has 0 spiro atoms. The number of fused-ring (bicyclic) bond motifs is 2. The number of aryl methyl sites for hydroxylation is 2. The molecular formula is C25H19N3O5. The fourth-order valence-corrected chi connectivity index (χ4v) is 3.88. The first kappa shape index (κ1) is 20.4. The molecule has 8 nitrogen and oxygen atoms in total. The molecule has 0 amide bonds. The number of hydrogen-bond donors (Lipinski definition) is 0. The molecule has 2 aromatic heterocycles. The zero-order chi connectivity index (χ0) is 23.1. The van der Waals surface area contributed by atoms with Gasteiger partial charge in [-0.2, -0.15) is 0 Å². The number of nitro groups is 1. The molecule has 0 saturated heterocycles. The number of hydrogen-bond acceptors (Lipinski definition) is 6. The van der Waals surface area contributed by atoms with Crippen LogP contribution >= 0.6 is 0 Å². The molecule has 164 valence electrons. The van der Waals surface area contributed by atoms with Gasteiger partial charge in [0.2, 0.25) is 5.43 Å². The maximum atomic E-state index is 13.3. The van der Waals surface area contributed by atoms with Crippen LogP contribution in [0.3, 0.4) is 0 Å². The summed E-state index contributed by atoms with van der Waals surface area (Å²) in [5.41, 5.74) is 3.25. The minimum Gasteiger partial charge on any atom is -0.489 e. The van der Waals surface area contributed by atoms with Crippen molar-refractivity contribution in [2.24, 2.45) is 7.05 Å². The Morgan fingerprint density at radius 3 is 2.58 bits per heavy atom. The van der Waals surface area contributed by atoms with Gasteiger partial charge in [-0.25, -0.2) is 4.98 Å². The fourth-order valence-electron chi connectivity index (χ4n) is 3.88. The lowest BCUT2D eigenvalue weighted by atomic mass is 10.1. The maximum Gasteiger partial charge on any atom is 0.269 e. The molecule has 2 heterocycles. The van der Waals surface area contributed by atoms with E-state index >= 15 is 0 Å². The fraction of sp³-hybridized carbons (Fsp3) is 0.120. The van der Waals surface area contributed by atoms with Gasteiger partial charge in [-0.3, -0.25) is 14.9 Å². The zero-order valence-corrected chi connectivity index (χ0v) is 17.9. The molecule has 5 aromatic rings. The third-order valence-corrected chi connectivity index (χ3v) is 5.60. The number of nitro benzene ring substituents is 1. The average molecular weight is 441 g/mol. The SMILES string of the molecule is Cc1oc2cc(OCc3ccc([N+](=O)[O-])cc3)ccc2c(=O)c1-c1nc2ccccc2n1C. The molecule has 8 heteroatoms. The predicted octanol–water partition coefficient (Wildman–Crippen LogP) is 5.14. The molecule has 0 saturated carbocycles. The average Bonchev–Trinajstić information content (AvgIpc) is 3.14. The highest BCUT2D eigenvalue weighted by Crippen LogP contribution is 2.28. The van der Waals surface area contributed by atoms with Crippen LogP contribution in [0.4, 0.5) is 5.69 Å². The normalized spacial score (nSPS) is 11.2. The van der Waals surface area contributed by atoms with Gasteiger partial charge >= 0.3 is 0 Å². The number of para-hydroxylation sites is 2. The Balaban J connectivity index is 1.48. The zero-order valence-electron chi connectivity index (χ0n) is 17.9. The van der Waals surface area contributed by atoms with Crippen molar-refractivity contribution in [2.45, 2.75) is 13.5 Å². The third-order valence-electron chi connectivity index (χ3n) is 5.60. The van der Waals surface area contributed by atoms with Crippen molar-refractivity contribution < 1.29 is 14.1 Å². The van der Waals surface area contributed by atoms with E-state index in [2.05, 4.69) is 4.98 Å². The lowest BCUT2D eigenvalue weighted by molar-refractivity contribution is -0.384. The summed E-state index contributed by atoms with van der Waals surface area (Å²) < 4.78 is 13.7. The van der Waals surface area contributed by atoms with E-state index in [1.165, 1.54) is 12.1 Å². The molecule has 33 heavy (non-hydrogen) atoms. The quantitative estimate of drug-likeness (QED) is 0.276. The highest BCUT2D eigenvalue weighted by atomic mass is 16.6. The molecule has 0 N–H and O–H groups in total. The van der Waals surface area contributed by atoms with Crippen LogP contribution in [-0.2, 0) is 13.7 Å². The van der Waals surface area contributed by atoms with Crippen LogP contribution < -0.4 is 10.2 Å². The van der Waals surface area contributed by atoms with E-state index in [9.17, 15) is 14.9 Å². The van der Waals surface area contributed by atoms with Crippen LogP contribution in [0, 0.1) is 17.0 Å². The van der Waals surface area contributed by atoms with Crippen molar-refractivity contribution in [3.8, 4) is 17.1 Å². The summed E-state index contributed by atoms with van der Waals surface area (Å²) in [5, 5.41) is 11.2. The largest absolute Gasteiger partial charge is 0.489 e. The Hall–Kier alpha value is -4.46. The van der Waals surface area contributed by atoms with Crippen molar-refractivity contribution in [1.29, 1.82) is 0 Å². The van der Waals surface area contributed by atoms with Crippen molar-refractivity contribution in [3.05, 3.63) is 98.4 Å². The van der Waals surface area contributed by atoms with Crippen LogP contribution in [0.5, 0.6) is 5.75 Å². The van der Waals surface area contributed by atoms with Gasteiger partial charge in [0.25, 0.3) is 5.69 Å². The first-order valence-electron chi connectivity index (χ1n) is 10.3. The van der Waals surface area contributed by atoms with Gasteiger partial charge in [0, 0.05) is 25.2 Å². The molecule has 3 aromatic carbocycles. The van der Waals surface area contributed by atoms with Gasteiger partial charge in [-0.15, -0.1) is 0 Å². The lowest BCUT2D eigenvalue weighted by Crippen LogP contribution is -2.10. The van der Waals surface area contributed by atoms with Gasteiger partial charge < -0.3 is 13.7 Å². The third kappa shape index (κ3) is 3.61. The second kappa shape index (κ2) is 7.90. The van der Waals surface area contributed by atoms with Crippen LogP contribution in [0.25, 0.3) is 33.4 Å². The number of benzene rings is 3. The van der Waals surface area contributed by atoms with Gasteiger partial charge in [0.1, 0.15) is 35.1 Å². The maximum absolute atomic E-state index is 13.3. The van der Waals surface area contributed by atoms with Crippen molar-refractivity contribution in [1.82, 2.24) is 9.55 Å². The van der Waals surface area contributed by atoms with Crippen LogP contribution in [0.1, 0.15) is 11.3 Å². The molecule has 0 aliphatic carbocycles. The summed E-state index contributed by atoms with van der Waals surface area (Å²) in [6.45, 7) is 1.98. The number of rotatable bonds is 5. The summed E-state index contributed by atoms with van der Waals surface area (Å²) >= 11 is 0. The first-order chi connectivity index (χ1) is 15.9. The smallest absolute Gasteiger partial charge is 0.269 e. The van der Waals surface area contributed by atoms with Crippen molar-refractivity contribution in [2.75, 3.05) is 0 Å². The highest BCUT2D eigenvalue weighted by molar-refractivity contribution is 5.85. The monoisotopic (exact) mass is 441 g/mol. The van der Waals surface area contributed by atoms with Gasteiger partial charge in [0.15, 0.2) is 0 Å². The second-order valence-corrected chi connectivity index (χ2v) is 7.72. The molecule has 0 aliphatic rings. The first-order valence-corrected chi connectivity index (χ1v) is 10.3. The van der Waals surface area contributed by atoms with Gasteiger partial charge in [-0.05, 0) is 48.9 Å². The summed E-state index contributed by atoms with van der Waals surface area (Å²) in [7, 11) is 1.88. The van der Waals surface area contributed by atoms with Crippen LogP contribution in [0.2, 0.25) is 0 Å². The minimum absolute atomic E-state index is 0.0260. The summed E-state index contributed by atoms with van der Waals surface area (Å²) in [4.78, 5) is 28.3. The summed E-state index contributed by atoms with van der Waals surface area (Å²) in [5.74, 6) is 1.56. The van der Waals surface area contributed by atoms with E-state index in [1.54, 1.807) is 37.3 Å². The Bertz CT molecular complexity index is 1580. The Labute approximate surface area is 187 Å². The topological polar surface area (TPSA) is 100 Å². The molecule has 0 atom stereocenters. The minimum atomic E-state index is -0.444. The van der Waals surface area contributed by atoms with E-state index in [1.807, 2.05) is 35.9 Å². The number of ether oxygens (including phenoxy) is 1. The van der Waals surface area contributed by atoms with Crippen LogP contribution in [0.15, 0.2) is 75.9 Å². The van der Waals surface area contributed by atoms with Crippen LogP contribution in [-0.4, -0.2) is 14.5 Å². The highest BCUT2D eigenvalue weighted by Gasteiger charge is 2.19. The summed E-state index contributed by atoms with van der Waals surface area (Å²) in [6, 6.07) is 18.9. The van der Waals surface area contributed by atoms with E-state index in [0.29, 0.717) is 33.9 Å². The second-order valence-electron chi connectivity index (χ2n) is 7.72. The van der Waals surface area contributed by atoms with Gasteiger partial charge in [-0.1, -0.05) is 12.1 Å². The Morgan fingerprint density at radius 2 is 1.85 bits per heavy atom. The molecule has 0 radical (unpaired) electrons. The van der Waals surface area contributed by atoms with E-state index in [-0.39, 0.29) is 17.7 Å². The number of non-ortho nitro benzene ring substituents is 1. The molecule has 0 unspecified atom stereocenters. The Morgan fingerprint density at radius 1 is 1.09 bits per heavy atom. The van der Waals surface area contributed by atoms with E-state index < -0.39 is 4.92 Å². The molecule has 5 rings (SSSR count). The predicted molar refractivity (Wildman–Crippen MR) is 124 cm³/mol. The Kier molecular flexibility index (Phi) is 4.90. The molecule has 0 fully saturated rings. The van der Waals surface area contributed by atoms with Crippen molar-refractivity contribution >= 4 is 27.7 Å². The van der Waals surface area contributed by atoms with E-state index in [0.717, 1.165) is 16.6 Å². The molecule has 0 bridgehead atoms. The number of nitrogens with zero attached hydrogens (tertiary/aromatic N) is 3.